The van der Waals surface area contributed by atoms with Gasteiger partial charge < -0.3 is 19.3 Å². The van der Waals surface area contributed by atoms with Crippen LogP contribution in [0.25, 0.3) is 10.8 Å². The first-order chi connectivity index (χ1) is 17.5. The number of hydrogen-bond acceptors (Lipinski definition) is 5. The van der Waals surface area contributed by atoms with Gasteiger partial charge in [-0.2, -0.15) is 0 Å². The van der Waals surface area contributed by atoms with Gasteiger partial charge in [0.05, 0.1) is 23.6 Å². The van der Waals surface area contributed by atoms with Gasteiger partial charge in [-0.05, 0) is 25.3 Å². The van der Waals surface area contributed by atoms with E-state index in [1.54, 1.807) is 18.2 Å². The molecule has 2 aromatic carbocycles. The van der Waals surface area contributed by atoms with E-state index in [1.165, 1.54) is 6.42 Å². The standard InChI is InChI=1S/C30H45ClO5/c1-4-7-10-13-14-20-25(32)36-28-23-18-17-19-24(31)26(23)27(33)29(34-21-15-11-8-5-2)30(28)35-22-16-12-9-6-3/h17-19,33H,4-16,20-22H2,1-3H3. The summed E-state index contributed by atoms with van der Waals surface area (Å²) < 4.78 is 18.2. The van der Waals surface area contributed by atoms with Crippen molar-refractivity contribution < 1.29 is 24.1 Å². The molecular formula is C30H45ClO5. The van der Waals surface area contributed by atoms with Gasteiger partial charge in [0.1, 0.15) is 0 Å². The predicted octanol–water partition coefficient (Wildman–Crippen LogP) is 9.38. The molecular weight excluding hydrogens is 476 g/mol. The van der Waals surface area contributed by atoms with E-state index in [9.17, 15) is 9.90 Å². The van der Waals surface area contributed by atoms with Crippen molar-refractivity contribution in [3.63, 3.8) is 0 Å². The average molecular weight is 521 g/mol. The SMILES string of the molecule is CCCCCCCC(=O)Oc1c(OCCCCCC)c(OCCCCCC)c(O)c2c(Cl)cccc12. The molecule has 0 heterocycles. The number of carbonyl (C=O) groups excluding carboxylic acids is 1. The van der Waals surface area contributed by atoms with Crippen LogP contribution < -0.4 is 14.2 Å². The Morgan fingerprint density at radius 1 is 0.750 bits per heavy atom. The molecule has 0 aliphatic carbocycles. The summed E-state index contributed by atoms with van der Waals surface area (Å²) in [5.74, 6) is 0.377. The van der Waals surface area contributed by atoms with Gasteiger partial charge in [0, 0.05) is 11.8 Å². The second-order valence-electron chi connectivity index (χ2n) is 9.45. The number of hydrogen-bond donors (Lipinski definition) is 1. The third-order valence-corrected chi connectivity index (χ3v) is 6.63. The lowest BCUT2D eigenvalue weighted by Crippen LogP contribution is -2.11. The van der Waals surface area contributed by atoms with Gasteiger partial charge in [-0.3, -0.25) is 4.79 Å². The molecule has 2 aromatic rings. The molecule has 1 N–H and O–H groups in total. The highest BCUT2D eigenvalue weighted by Gasteiger charge is 2.26. The van der Waals surface area contributed by atoms with E-state index in [0.717, 1.165) is 77.0 Å². The Kier molecular flexibility index (Phi) is 14.5. The summed E-state index contributed by atoms with van der Waals surface area (Å²) in [4.78, 5) is 12.9. The zero-order chi connectivity index (χ0) is 26.2. The molecule has 0 unspecified atom stereocenters. The van der Waals surface area contributed by atoms with Crippen molar-refractivity contribution in [2.24, 2.45) is 0 Å². The quantitative estimate of drug-likeness (QED) is 0.113. The molecule has 5 nitrogen and oxygen atoms in total. The molecule has 0 radical (unpaired) electrons. The van der Waals surface area contributed by atoms with Gasteiger partial charge in [0.2, 0.25) is 11.5 Å². The average Bonchev–Trinajstić information content (AvgIpc) is 2.87. The third-order valence-electron chi connectivity index (χ3n) is 6.31. The number of fused-ring (bicyclic) bond motifs is 1. The number of halogens is 1. The Morgan fingerprint density at radius 2 is 1.31 bits per heavy atom. The summed E-state index contributed by atoms with van der Waals surface area (Å²) >= 11 is 6.49. The minimum absolute atomic E-state index is 0.0750. The first kappa shape index (κ1) is 30.1. The molecule has 0 aliphatic heterocycles. The number of carbonyl (C=O) groups is 1. The summed E-state index contributed by atoms with van der Waals surface area (Å²) in [6, 6.07) is 5.28. The van der Waals surface area contributed by atoms with Crippen LogP contribution in [0.1, 0.15) is 111 Å². The van der Waals surface area contributed by atoms with Crippen LogP contribution in [0.15, 0.2) is 18.2 Å². The summed E-state index contributed by atoms with van der Waals surface area (Å²) in [5, 5.41) is 12.5. The number of phenolic OH excluding ortho intramolecular Hbond substituents is 1. The van der Waals surface area contributed by atoms with Crippen LogP contribution in [0.3, 0.4) is 0 Å². The first-order valence-corrected chi connectivity index (χ1v) is 14.4. The van der Waals surface area contributed by atoms with E-state index in [2.05, 4.69) is 20.8 Å². The number of rotatable bonds is 19. The van der Waals surface area contributed by atoms with E-state index < -0.39 is 0 Å². The monoisotopic (exact) mass is 520 g/mol. The molecule has 0 aromatic heterocycles. The summed E-state index contributed by atoms with van der Waals surface area (Å²) in [6.45, 7) is 7.37. The molecule has 0 bridgehead atoms. The number of aromatic hydroxyl groups is 1. The maximum atomic E-state index is 12.9. The molecule has 6 heteroatoms. The number of unbranched alkanes of at least 4 members (excludes halogenated alkanes) is 10. The third kappa shape index (κ3) is 9.38. The zero-order valence-electron chi connectivity index (χ0n) is 22.5. The summed E-state index contributed by atoms with van der Waals surface area (Å²) in [7, 11) is 0. The molecule has 0 aliphatic rings. The van der Waals surface area contributed by atoms with Crippen molar-refractivity contribution >= 4 is 28.3 Å². The van der Waals surface area contributed by atoms with Gasteiger partial charge in [0.25, 0.3) is 0 Å². The number of phenols is 1. The Morgan fingerprint density at radius 3 is 1.92 bits per heavy atom. The lowest BCUT2D eigenvalue weighted by Gasteiger charge is -2.20. The fourth-order valence-electron chi connectivity index (χ4n) is 4.21. The van der Waals surface area contributed by atoms with E-state index in [-0.39, 0.29) is 29.0 Å². The molecule has 0 saturated heterocycles. The maximum Gasteiger partial charge on any atom is 0.311 e. The van der Waals surface area contributed by atoms with Crippen LogP contribution in [-0.2, 0) is 4.79 Å². The Hall–Kier alpha value is -2.14. The smallest absolute Gasteiger partial charge is 0.311 e. The van der Waals surface area contributed by atoms with Crippen LogP contribution in [0, 0.1) is 0 Å². The van der Waals surface area contributed by atoms with E-state index >= 15 is 0 Å². The number of ether oxygens (including phenoxy) is 3. The number of benzene rings is 2. The Bertz CT molecular complexity index is 927. The highest BCUT2D eigenvalue weighted by atomic mass is 35.5. The van der Waals surface area contributed by atoms with Crippen molar-refractivity contribution in [2.75, 3.05) is 13.2 Å². The van der Waals surface area contributed by atoms with Crippen LogP contribution in [-0.4, -0.2) is 24.3 Å². The highest BCUT2D eigenvalue weighted by molar-refractivity contribution is 6.36. The molecule has 2 rings (SSSR count). The van der Waals surface area contributed by atoms with E-state index in [1.807, 2.05) is 0 Å². The minimum Gasteiger partial charge on any atom is -0.504 e. The fourth-order valence-corrected chi connectivity index (χ4v) is 4.47. The highest BCUT2D eigenvalue weighted by Crippen LogP contribution is 2.52. The summed E-state index contributed by atoms with van der Waals surface area (Å²) in [6.07, 6.45) is 13.9. The molecule has 0 atom stereocenters. The largest absolute Gasteiger partial charge is 0.504 e. The van der Waals surface area contributed by atoms with Gasteiger partial charge in [-0.1, -0.05) is 109 Å². The molecule has 0 amide bonds. The van der Waals surface area contributed by atoms with Crippen LogP contribution in [0.5, 0.6) is 23.0 Å². The zero-order valence-corrected chi connectivity index (χ0v) is 23.3. The predicted molar refractivity (Wildman–Crippen MR) is 149 cm³/mol. The van der Waals surface area contributed by atoms with Gasteiger partial charge in [0.15, 0.2) is 11.5 Å². The lowest BCUT2D eigenvalue weighted by molar-refractivity contribution is -0.134. The van der Waals surface area contributed by atoms with Crippen LogP contribution in [0.2, 0.25) is 5.02 Å². The molecule has 0 spiro atoms. The molecule has 36 heavy (non-hydrogen) atoms. The molecule has 0 fully saturated rings. The second kappa shape index (κ2) is 17.3. The van der Waals surface area contributed by atoms with Crippen LogP contribution in [0.4, 0.5) is 0 Å². The van der Waals surface area contributed by atoms with Crippen molar-refractivity contribution in [3.8, 4) is 23.0 Å². The minimum atomic E-state index is -0.316. The van der Waals surface area contributed by atoms with E-state index in [0.29, 0.717) is 35.4 Å². The van der Waals surface area contributed by atoms with Crippen molar-refractivity contribution in [2.45, 2.75) is 111 Å². The summed E-state index contributed by atoms with van der Waals surface area (Å²) in [5.41, 5.74) is 0. The Labute approximate surface area is 222 Å². The fraction of sp³-hybridized carbons (Fsp3) is 0.633. The van der Waals surface area contributed by atoms with Crippen molar-refractivity contribution in [1.82, 2.24) is 0 Å². The molecule has 202 valence electrons. The number of esters is 1. The molecule has 0 saturated carbocycles. The van der Waals surface area contributed by atoms with Gasteiger partial charge in [-0.25, -0.2) is 0 Å². The topological polar surface area (TPSA) is 65.0 Å². The first-order valence-electron chi connectivity index (χ1n) is 14.0. The van der Waals surface area contributed by atoms with Crippen molar-refractivity contribution in [3.05, 3.63) is 23.2 Å². The van der Waals surface area contributed by atoms with Crippen LogP contribution >= 0.6 is 11.6 Å². The Balaban J connectivity index is 2.37. The second-order valence-corrected chi connectivity index (χ2v) is 9.86. The van der Waals surface area contributed by atoms with E-state index in [4.69, 9.17) is 25.8 Å². The van der Waals surface area contributed by atoms with Gasteiger partial charge >= 0.3 is 5.97 Å². The lowest BCUT2D eigenvalue weighted by atomic mass is 10.1. The van der Waals surface area contributed by atoms with Gasteiger partial charge in [-0.15, -0.1) is 0 Å². The van der Waals surface area contributed by atoms with Crippen molar-refractivity contribution in [1.29, 1.82) is 0 Å². The maximum absolute atomic E-state index is 12.9. The normalized spacial score (nSPS) is 11.1.